The first-order chi connectivity index (χ1) is 9.77. The summed E-state index contributed by atoms with van der Waals surface area (Å²) in [6.07, 6.45) is 23.4. The Kier molecular flexibility index (Phi) is 38.6. The van der Waals surface area contributed by atoms with Crippen LogP contribution in [0.1, 0.15) is 84.0 Å². The van der Waals surface area contributed by atoms with E-state index in [-0.39, 0.29) is 55.6 Å². The van der Waals surface area contributed by atoms with E-state index in [1.54, 1.807) is 0 Å². The van der Waals surface area contributed by atoms with Gasteiger partial charge in [-0.25, -0.2) is 0 Å². The van der Waals surface area contributed by atoms with Gasteiger partial charge < -0.3 is 0 Å². The van der Waals surface area contributed by atoms with E-state index in [9.17, 15) is 4.79 Å². The Morgan fingerprint density at radius 2 is 1.22 bits per heavy atom. The molecule has 1 nitrogen and oxygen atoms in total. The molecule has 0 fully saturated rings. The molecule has 0 aromatic heterocycles. The van der Waals surface area contributed by atoms with Crippen LogP contribution in [0.15, 0.2) is 24.3 Å². The molecule has 0 aromatic carbocycles. The van der Waals surface area contributed by atoms with Gasteiger partial charge in [0.05, 0.1) is 0 Å². The molecular weight excluding hydrogens is 552 g/mol. The van der Waals surface area contributed by atoms with E-state index in [2.05, 4.69) is 47.2 Å². The summed E-state index contributed by atoms with van der Waals surface area (Å²) in [6.45, 7) is 2.24. The summed E-state index contributed by atoms with van der Waals surface area (Å²) in [5.41, 5.74) is 0. The van der Waals surface area contributed by atoms with Crippen molar-refractivity contribution in [3.8, 4) is 0 Å². The lowest BCUT2D eigenvalue weighted by molar-refractivity contribution is -0.110. The summed E-state index contributed by atoms with van der Waals surface area (Å²) in [4.78, 5) is 10.7. The second-order valence-electron chi connectivity index (χ2n) is 5.34. The molecule has 0 amide bonds. The molecule has 0 saturated carbocycles. The van der Waals surface area contributed by atoms with E-state index in [4.69, 9.17) is 0 Å². The van der Waals surface area contributed by atoms with Crippen LogP contribution in [0.3, 0.4) is 0 Å². The van der Waals surface area contributed by atoms with Crippen LogP contribution in [0.5, 0.6) is 0 Å². The summed E-state index contributed by atoms with van der Waals surface area (Å²) < 4.78 is 0.142. The SMILES string of the molecule is Br.Br.Br.CCCCC/C=C\C/C=C\CCCCCCCC(=O)Br. The zero-order valence-electron chi connectivity index (χ0n) is 14.3. The number of hydrogen-bond donors (Lipinski definition) is 0. The maximum Gasteiger partial charge on any atom is 0.197 e. The first-order valence-electron chi connectivity index (χ1n) is 8.25. The average molecular weight is 586 g/mol. The molecule has 0 heterocycles. The molecule has 0 N–H and O–H groups in total. The summed E-state index contributed by atoms with van der Waals surface area (Å²) in [7, 11) is 0. The Bertz CT molecular complexity index is 278. The third-order valence-corrected chi connectivity index (χ3v) is 3.72. The molecule has 0 rings (SSSR count). The zero-order valence-corrected chi connectivity index (χ0v) is 21.0. The number of carbonyl (C=O) groups excluding carboxylic acids is 1. The second kappa shape index (κ2) is 27.9. The van der Waals surface area contributed by atoms with Gasteiger partial charge in [0.2, 0.25) is 0 Å². The lowest BCUT2D eigenvalue weighted by Gasteiger charge is -1.98. The summed E-state index contributed by atoms with van der Waals surface area (Å²) in [5.74, 6) is 0. The minimum Gasteiger partial charge on any atom is -0.287 e. The van der Waals surface area contributed by atoms with Crippen LogP contribution in [-0.4, -0.2) is 4.69 Å². The molecule has 0 aromatic rings. The number of unbranched alkanes of at least 4 members (excludes halogenated alkanes) is 8. The summed E-state index contributed by atoms with van der Waals surface area (Å²) in [5, 5.41) is 0. The van der Waals surface area contributed by atoms with E-state index >= 15 is 0 Å². The standard InChI is InChI=1S/C18H31BrO.3BrH/c1-2-3-4-5-6-7-8-9-10-11-12-13-14-15-16-17-18(19)20;;;/h6-7,9-10H,2-5,8,11-17H2,1H3;3*1H/b7-6-,10-9-;;;. The largest absolute Gasteiger partial charge is 0.287 e. The molecule has 0 atom stereocenters. The van der Waals surface area contributed by atoms with Gasteiger partial charge in [0.15, 0.2) is 4.69 Å². The minimum atomic E-state index is 0. The Hall–Kier alpha value is 1.07. The maximum atomic E-state index is 10.7. The van der Waals surface area contributed by atoms with Gasteiger partial charge in [0.25, 0.3) is 0 Å². The van der Waals surface area contributed by atoms with Crippen molar-refractivity contribution in [2.75, 3.05) is 0 Å². The van der Waals surface area contributed by atoms with Gasteiger partial charge in [-0.1, -0.05) is 63.3 Å². The highest BCUT2D eigenvalue weighted by molar-refractivity contribution is 9.18. The molecule has 0 spiro atoms. The van der Waals surface area contributed by atoms with Crippen LogP contribution < -0.4 is 0 Å². The normalized spacial score (nSPS) is 10.2. The smallest absolute Gasteiger partial charge is 0.197 e. The predicted octanol–water partition coefficient (Wildman–Crippen LogP) is 8.46. The third-order valence-electron chi connectivity index (χ3n) is 3.32. The van der Waals surface area contributed by atoms with Crippen molar-refractivity contribution in [1.29, 1.82) is 0 Å². The van der Waals surface area contributed by atoms with Gasteiger partial charge >= 0.3 is 0 Å². The molecule has 0 radical (unpaired) electrons. The molecule has 23 heavy (non-hydrogen) atoms. The molecule has 0 saturated heterocycles. The van der Waals surface area contributed by atoms with E-state index in [0.717, 1.165) is 12.8 Å². The van der Waals surface area contributed by atoms with E-state index in [0.29, 0.717) is 6.42 Å². The van der Waals surface area contributed by atoms with Crippen molar-refractivity contribution < 1.29 is 4.79 Å². The van der Waals surface area contributed by atoms with E-state index in [1.165, 1.54) is 57.8 Å². The highest BCUT2D eigenvalue weighted by atomic mass is 79.9. The van der Waals surface area contributed by atoms with Crippen LogP contribution in [0.4, 0.5) is 0 Å². The Balaban J connectivity index is -0.000000602. The van der Waals surface area contributed by atoms with Crippen LogP contribution in [0.2, 0.25) is 0 Å². The van der Waals surface area contributed by atoms with Crippen molar-refractivity contribution in [2.45, 2.75) is 84.0 Å². The lowest BCUT2D eigenvalue weighted by atomic mass is 10.1. The summed E-state index contributed by atoms with van der Waals surface area (Å²) >= 11 is 2.96. The van der Waals surface area contributed by atoms with Crippen molar-refractivity contribution >= 4 is 71.6 Å². The van der Waals surface area contributed by atoms with Gasteiger partial charge in [-0.3, -0.25) is 4.79 Å². The topological polar surface area (TPSA) is 17.1 Å². The number of allylic oxidation sites excluding steroid dienone is 4. The Morgan fingerprint density at radius 3 is 1.74 bits per heavy atom. The molecule has 5 heteroatoms. The fourth-order valence-electron chi connectivity index (χ4n) is 2.08. The van der Waals surface area contributed by atoms with Crippen molar-refractivity contribution in [1.82, 2.24) is 0 Å². The van der Waals surface area contributed by atoms with E-state index in [1.807, 2.05) is 0 Å². The van der Waals surface area contributed by atoms with E-state index < -0.39 is 0 Å². The quantitative estimate of drug-likeness (QED) is 0.114. The summed E-state index contributed by atoms with van der Waals surface area (Å²) in [6, 6.07) is 0. The maximum absolute atomic E-state index is 10.7. The Morgan fingerprint density at radius 1 is 0.739 bits per heavy atom. The molecule has 140 valence electrons. The number of carbonyl (C=O) groups is 1. The molecular formula is C18H34Br4O. The lowest BCUT2D eigenvalue weighted by Crippen LogP contribution is -1.85. The third kappa shape index (κ3) is 31.4. The van der Waals surface area contributed by atoms with Crippen LogP contribution >= 0.6 is 66.9 Å². The second-order valence-corrected chi connectivity index (χ2v) is 6.22. The number of hydrogen-bond acceptors (Lipinski definition) is 1. The van der Waals surface area contributed by atoms with Crippen molar-refractivity contribution in [3.05, 3.63) is 24.3 Å². The fourth-order valence-corrected chi connectivity index (χ4v) is 2.36. The number of halogens is 4. The molecule has 0 aliphatic carbocycles. The van der Waals surface area contributed by atoms with Crippen LogP contribution in [0, 0.1) is 0 Å². The Labute approximate surface area is 183 Å². The number of rotatable bonds is 14. The monoisotopic (exact) mass is 582 g/mol. The fraction of sp³-hybridized carbons (Fsp3) is 0.722. The average Bonchev–Trinajstić information content (AvgIpc) is 2.43. The highest BCUT2D eigenvalue weighted by Crippen LogP contribution is 2.09. The zero-order chi connectivity index (χ0) is 14.9. The van der Waals surface area contributed by atoms with Gasteiger partial charge in [0.1, 0.15) is 0 Å². The van der Waals surface area contributed by atoms with Crippen LogP contribution in [0.25, 0.3) is 0 Å². The molecule has 0 aliphatic heterocycles. The highest BCUT2D eigenvalue weighted by Gasteiger charge is 1.94. The molecule has 0 unspecified atom stereocenters. The minimum absolute atomic E-state index is 0. The first kappa shape index (κ1) is 31.8. The van der Waals surface area contributed by atoms with Gasteiger partial charge in [-0.15, -0.1) is 50.9 Å². The van der Waals surface area contributed by atoms with Crippen molar-refractivity contribution in [3.63, 3.8) is 0 Å². The molecule has 0 bridgehead atoms. The van der Waals surface area contributed by atoms with Gasteiger partial charge in [0, 0.05) is 6.42 Å². The van der Waals surface area contributed by atoms with Gasteiger partial charge in [-0.05, 0) is 54.5 Å². The first-order valence-corrected chi connectivity index (χ1v) is 9.05. The van der Waals surface area contributed by atoms with Gasteiger partial charge in [-0.2, -0.15) is 0 Å². The van der Waals surface area contributed by atoms with Crippen molar-refractivity contribution in [2.24, 2.45) is 0 Å². The predicted molar refractivity (Wildman–Crippen MR) is 124 cm³/mol. The van der Waals surface area contributed by atoms with Crippen LogP contribution in [-0.2, 0) is 4.79 Å². The molecule has 0 aliphatic rings.